The van der Waals surface area contributed by atoms with Crippen LogP contribution in [0.1, 0.15) is 26.7 Å². The van der Waals surface area contributed by atoms with Crippen molar-refractivity contribution in [1.82, 2.24) is 9.88 Å². The zero-order valence-corrected chi connectivity index (χ0v) is 13.0. The van der Waals surface area contributed by atoms with E-state index in [0.29, 0.717) is 17.6 Å². The molecule has 0 atom stereocenters. The Kier molecular flexibility index (Phi) is 4.70. The van der Waals surface area contributed by atoms with Crippen molar-refractivity contribution in [3.63, 3.8) is 0 Å². The summed E-state index contributed by atoms with van der Waals surface area (Å²) in [6.45, 7) is 6.02. The van der Waals surface area contributed by atoms with E-state index in [9.17, 15) is 0 Å². The minimum atomic E-state index is 0.0829. The monoisotopic (exact) mass is 278 g/mol. The molecule has 0 saturated carbocycles. The molecule has 1 fully saturated rings. The molecule has 0 aromatic carbocycles. The Morgan fingerprint density at radius 1 is 1.30 bits per heavy atom. The predicted molar refractivity (Wildman–Crippen MR) is 83.3 cm³/mol. The van der Waals surface area contributed by atoms with Gasteiger partial charge >= 0.3 is 0 Å². The fourth-order valence-electron chi connectivity index (χ4n) is 2.55. The SMILES string of the molecule is CC(C)Oc1nc(N2CCC(N(C)C)CC2)ccc1N. The van der Waals surface area contributed by atoms with E-state index in [2.05, 4.69) is 28.9 Å². The maximum atomic E-state index is 5.92. The lowest BCUT2D eigenvalue weighted by Crippen LogP contribution is -2.42. The summed E-state index contributed by atoms with van der Waals surface area (Å²) >= 11 is 0. The largest absolute Gasteiger partial charge is 0.473 e. The molecule has 1 aromatic rings. The van der Waals surface area contributed by atoms with Crippen LogP contribution in [0.5, 0.6) is 5.88 Å². The van der Waals surface area contributed by atoms with Gasteiger partial charge in [-0.15, -0.1) is 0 Å². The van der Waals surface area contributed by atoms with Crippen molar-refractivity contribution in [2.75, 3.05) is 37.8 Å². The van der Waals surface area contributed by atoms with Gasteiger partial charge < -0.3 is 20.3 Å². The topological polar surface area (TPSA) is 54.6 Å². The lowest BCUT2D eigenvalue weighted by Gasteiger charge is -2.36. The van der Waals surface area contributed by atoms with Crippen LogP contribution in [-0.2, 0) is 0 Å². The van der Waals surface area contributed by atoms with Crippen LogP contribution in [0.15, 0.2) is 12.1 Å². The average Bonchev–Trinajstić information content (AvgIpc) is 2.41. The molecule has 5 heteroatoms. The molecule has 0 unspecified atom stereocenters. The van der Waals surface area contributed by atoms with E-state index in [-0.39, 0.29) is 6.10 Å². The van der Waals surface area contributed by atoms with E-state index in [1.165, 1.54) is 12.8 Å². The Hall–Kier alpha value is -1.49. The number of hydrogen-bond acceptors (Lipinski definition) is 5. The molecule has 20 heavy (non-hydrogen) atoms. The number of rotatable bonds is 4. The molecule has 1 aliphatic heterocycles. The first-order valence-electron chi connectivity index (χ1n) is 7.32. The third-order valence-corrected chi connectivity index (χ3v) is 3.74. The van der Waals surface area contributed by atoms with Gasteiger partial charge in [0.05, 0.1) is 11.8 Å². The highest BCUT2D eigenvalue weighted by Crippen LogP contribution is 2.26. The minimum absolute atomic E-state index is 0.0829. The fourth-order valence-corrected chi connectivity index (χ4v) is 2.55. The number of aromatic nitrogens is 1. The van der Waals surface area contributed by atoms with Crippen molar-refractivity contribution in [2.45, 2.75) is 38.8 Å². The van der Waals surface area contributed by atoms with E-state index in [1.54, 1.807) is 0 Å². The highest BCUT2D eigenvalue weighted by molar-refractivity contribution is 5.54. The molecule has 2 rings (SSSR count). The molecular formula is C15H26N4O. The number of nitrogens with two attached hydrogens (primary N) is 1. The van der Waals surface area contributed by atoms with Gasteiger partial charge in [0.15, 0.2) is 0 Å². The summed E-state index contributed by atoms with van der Waals surface area (Å²) < 4.78 is 5.66. The molecular weight excluding hydrogens is 252 g/mol. The highest BCUT2D eigenvalue weighted by atomic mass is 16.5. The minimum Gasteiger partial charge on any atom is -0.473 e. The highest BCUT2D eigenvalue weighted by Gasteiger charge is 2.22. The number of piperidine rings is 1. The predicted octanol–water partition coefficient (Wildman–Crippen LogP) is 1.98. The van der Waals surface area contributed by atoms with Gasteiger partial charge in [-0.3, -0.25) is 0 Å². The number of hydrogen-bond donors (Lipinski definition) is 1. The van der Waals surface area contributed by atoms with E-state index in [4.69, 9.17) is 10.5 Å². The molecule has 0 aliphatic carbocycles. The molecule has 112 valence electrons. The fraction of sp³-hybridized carbons (Fsp3) is 0.667. The van der Waals surface area contributed by atoms with Crippen molar-refractivity contribution < 1.29 is 4.74 Å². The summed E-state index contributed by atoms with van der Waals surface area (Å²) in [6, 6.07) is 4.54. The third kappa shape index (κ3) is 3.54. The molecule has 2 N–H and O–H groups in total. The lowest BCUT2D eigenvalue weighted by atomic mass is 10.0. The molecule has 2 heterocycles. The van der Waals surface area contributed by atoms with Crippen LogP contribution in [0.3, 0.4) is 0 Å². The second kappa shape index (κ2) is 6.31. The summed E-state index contributed by atoms with van der Waals surface area (Å²) in [6.07, 6.45) is 2.42. The van der Waals surface area contributed by atoms with Gasteiger partial charge in [-0.25, -0.2) is 0 Å². The molecule has 1 aromatic heterocycles. The van der Waals surface area contributed by atoms with E-state index >= 15 is 0 Å². The Balaban J connectivity index is 2.06. The van der Waals surface area contributed by atoms with Crippen molar-refractivity contribution in [1.29, 1.82) is 0 Å². The van der Waals surface area contributed by atoms with Crippen molar-refractivity contribution in [3.05, 3.63) is 12.1 Å². The first-order chi connectivity index (χ1) is 9.47. The van der Waals surface area contributed by atoms with Crippen LogP contribution in [0, 0.1) is 0 Å². The quantitative estimate of drug-likeness (QED) is 0.912. The standard InChI is InChI=1S/C15H26N4O/c1-11(2)20-15-13(16)5-6-14(17-15)19-9-7-12(8-10-19)18(3)4/h5-6,11-12H,7-10,16H2,1-4H3. The van der Waals surface area contributed by atoms with Crippen LogP contribution in [-0.4, -0.2) is 49.2 Å². The number of nitrogens with zero attached hydrogens (tertiary/aromatic N) is 3. The van der Waals surface area contributed by atoms with Gasteiger partial charge in [-0.05, 0) is 52.9 Å². The summed E-state index contributed by atoms with van der Waals surface area (Å²) in [4.78, 5) is 9.19. The van der Waals surface area contributed by atoms with Gasteiger partial charge in [0, 0.05) is 19.1 Å². The van der Waals surface area contributed by atoms with Crippen LogP contribution in [0.25, 0.3) is 0 Å². The number of pyridine rings is 1. The first kappa shape index (κ1) is 14.9. The van der Waals surface area contributed by atoms with Gasteiger partial charge in [-0.2, -0.15) is 4.98 Å². The molecule has 1 saturated heterocycles. The van der Waals surface area contributed by atoms with Crippen LogP contribution in [0.2, 0.25) is 0 Å². The third-order valence-electron chi connectivity index (χ3n) is 3.74. The van der Waals surface area contributed by atoms with Crippen LogP contribution < -0.4 is 15.4 Å². The average molecular weight is 278 g/mol. The first-order valence-corrected chi connectivity index (χ1v) is 7.32. The van der Waals surface area contributed by atoms with E-state index in [0.717, 1.165) is 18.9 Å². The summed E-state index contributed by atoms with van der Waals surface area (Å²) in [5.41, 5.74) is 6.52. The second-order valence-corrected chi connectivity index (χ2v) is 5.91. The number of nitrogen functional groups attached to an aromatic ring is 1. The van der Waals surface area contributed by atoms with Gasteiger partial charge in [-0.1, -0.05) is 0 Å². The smallest absolute Gasteiger partial charge is 0.239 e. The second-order valence-electron chi connectivity index (χ2n) is 5.91. The Labute approximate surface area is 121 Å². The molecule has 5 nitrogen and oxygen atoms in total. The Morgan fingerprint density at radius 3 is 2.50 bits per heavy atom. The number of ether oxygens (including phenoxy) is 1. The van der Waals surface area contributed by atoms with E-state index < -0.39 is 0 Å². The summed E-state index contributed by atoms with van der Waals surface area (Å²) in [5, 5.41) is 0. The van der Waals surface area contributed by atoms with Crippen molar-refractivity contribution in [2.24, 2.45) is 0 Å². The lowest BCUT2D eigenvalue weighted by molar-refractivity contribution is 0.233. The van der Waals surface area contributed by atoms with Gasteiger partial charge in [0.2, 0.25) is 5.88 Å². The molecule has 0 spiro atoms. The van der Waals surface area contributed by atoms with Crippen LogP contribution >= 0.6 is 0 Å². The Morgan fingerprint density at radius 2 is 1.95 bits per heavy atom. The number of anilines is 2. The molecule has 0 amide bonds. The van der Waals surface area contributed by atoms with Gasteiger partial charge in [0.1, 0.15) is 5.82 Å². The summed E-state index contributed by atoms with van der Waals surface area (Å²) in [5.74, 6) is 1.51. The maximum Gasteiger partial charge on any atom is 0.239 e. The maximum absolute atomic E-state index is 5.92. The molecule has 0 bridgehead atoms. The van der Waals surface area contributed by atoms with Crippen LogP contribution in [0.4, 0.5) is 11.5 Å². The molecule has 0 radical (unpaired) electrons. The van der Waals surface area contributed by atoms with Gasteiger partial charge in [0.25, 0.3) is 0 Å². The zero-order valence-electron chi connectivity index (χ0n) is 13.0. The van der Waals surface area contributed by atoms with E-state index in [1.807, 2.05) is 26.0 Å². The molecule has 1 aliphatic rings. The zero-order chi connectivity index (χ0) is 14.7. The normalized spacial score (nSPS) is 17.0. The summed E-state index contributed by atoms with van der Waals surface area (Å²) in [7, 11) is 4.30. The van der Waals surface area contributed by atoms with Crippen molar-refractivity contribution >= 4 is 11.5 Å². The Bertz CT molecular complexity index is 439. The van der Waals surface area contributed by atoms with Crippen molar-refractivity contribution in [3.8, 4) is 5.88 Å².